The number of quaternary nitrogens is 1. The summed E-state index contributed by atoms with van der Waals surface area (Å²) < 4.78 is 1.26. The fourth-order valence-electron chi connectivity index (χ4n) is 5.27. The van der Waals surface area contributed by atoms with E-state index in [1.807, 2.05) is 12.1 Å². The Morgan fingerprint density at radius 3 is 2.81 bits per heavy atom. The molecule has 0 radical (unpaired) electrons. The van der Waals surface area contributed by atoms with Crippen LogP contribution in [0.4, 0.5) is 0 Å². The Bertz CT molecular complexity index is 579. The lowest BCUT2D eigenvalue weighted by Gasteiger charge is -2.58. The molecule has 114 valence electrons. The number of hydrogen-bond donors (Lipinski definition) is 1. The molecule has 1 saturated carbocycles. The molecule has 21 heavy (non-hydrogen) atoms. The summed E-state index contributed by atoms with van der Waals surface area (Å²) in [7, 11) is 2.49. The Morgan fingerprint density at radius 1 is 1.33 bits per heavy atom. The zero-order valence-electron chi connectivity index (χ0n) is 13.6. The highest BCUT2D eigenvalue weighted by Gasteiger charge is 2.55. The van der Waals surface area contributed by atoms with E-state index in [9.17, 15) is 5.11 Å². The van der Waals surface area contributed by atoms with Gasteiger partial charge in [0.15, 0.2) is 0 Å². The molecule has 4 atom stereocenters. The molecule has 1 aliphatic heterocycles. The van der Waals surface area contributed by atoms with Crippen LogP contribution < -0.4 is 0 Å². The van der Waals surface area contributed by atoms with Crippen molar-refractivity contribution in [1.29, 1.82) is 0 Å². The predicted molar refractivity (Wildman–Crippen MR) is 85.4 cm³/mol. The molecule has 1 aromatic carbocycles. The first-order chi connectivity index (χ1) is 9.92. The van der Waals surface area contributed by atoms with E-state index in [1.165, 1.54) is 48.0 Å². The molecule has 2 nitrogen and oxygen atoms in total. The van der Waals surface area contributed by atoms with Crippen molar-refractivity contribution < 1.29 is 9.59 Å². The van der Waals surface area contributed by atoms with Gasteiger partial charge in [0, 0.05) is 30.1 Å². The van der Waals surface area contributed by atoms with Gasteiger partial charge in [0.1, 0.15) is 5.75 Å². The molecule has 4 unspecified atom stereocenters. The number of phenols is 1. The second-order valence-electron chi connectivity index (χ2n) is 8.40. The molecule has 0 aromatic heterocycles. The standard InChI is InChI=1S/C19H27NO/c1-13-18-11-15-10-16(21)6-7-17(15)19(13,2)8-9-20(18,3)12-14-4-5-14/h6-7,10,13-14,18H,4-5,8-9,11-12H2,1-3H3/p+1. The van der Waals surface area contributed by atoms with Gasteiger partial charge in [0.05, 0.1) is 26.2 Å². The number of likely N-dealkylation sites (N-methyl/N-ethyl adjacent to an activating group) is 1. The molecule has 1 heterocycles. The van der Waals surface area contributed by atoms with Crippen LogP contribution in [0.2, 0.25) is 0 Å². The summed E-state index contributed by atoms with van der Waals surface area (Å²) >= 11 is 0. The molecule has 0 spiro atoms. The normalized spacial score (nSPS) is 41.7. The fourth-order valence-corrected chi connectivity index (χ4v) is 5.27. The van der Waals surface area contributed by atoms with Crippen molar-refractivity contribution in [3.8, 4) is 5.75 Å². The smallest absolute Gasteiger partial charge is 0.115 e. The Labute approximate surface area is 128 Å². The van der Waals surface area contributed by atoms with E-state index in [1.54, 1.807) is 0 Å². The number of piperidine rings is 1. The number of likely N-dealkylation sites (tertiary alicyclic amines) is 1. The van der Waals surface area contributed by atoms with Gasteiger partial charge >= 0.3 is 0 Å². The van der Waals surface area contributed by atoms with Gasteiger partial charge in [-0.1, -0.05) is 19.9 Å². The van der Waals surface area contributed by atoms with Gasteiger partial charge in [-0.05, 0) is 36.1 Å². The number of aromatic hydroxyl groups is 1. The van der Waals surface area contributed by atoms with Crippen LogP contribution in [-0.2, 0) is 11.8 Å². The van der Waals surface area contributed by atoms with Crippen LogP contribution in [0.1, 0.15) is 44.2 Å². The molecule has 1 N–H and O–H groups in total. The van der Waals surface area contributed by atoms with E-state index >= 15 is 0 Å². The maximum absolute atomic E-state index is 9.88. The number of hydrogen-bond acceptors (Lipinski definition) is 1. The lowest BCUT2D eigenvalue weighted by atomic mass is 9.58. The third-order valence-electron chi connectivity index (χ3n) is 7.03. The molecular formula is C19H28NO+. The number of rotatable bonds is 2. The van der Waals surface area contributed by atoms with Gasteiger partial charge in [0.2, 0.25) is 0 Å². The lowest BCUT2D eigenvalue weighted by molar-refractivity contribution is -0.946. The van der Waals surface area contributed by atoms with Crippen LogP contribution in [0.25, 0.3) is 0 Å². The third-order valence-corrected chi connectivity index (χ3v) is 7.03. The van der Waals surface area contributed by atoms with Crippen molar-refractivity contribution in [2.24, 2.45) is 11.8 Å². The number of phenolic OH excluding ortho intramolecular Hbond substituents is 1. The van der Waals surface area contributed by atoms with Crippen LogP contribution in [0.15, 0.2) is 18.2 Å². The van der Waals surface area contributed by atoms with Crippen molar-refractivity contribution >= 4 is 0 Å². The molecule has 1 saturated heterocycles. The minimum atomic E-state index is 0.299. The number of fused-ring (bicyclic) bond motifs is 4. The van der Waals surface area contributed by atoms with Gasteiger partial charge in [-0.15, -0.1) is 0 Å². The zero-order valence-corrected chi connectivity index (χ0v) is 13.6. The second kappa shape index (κ2) is 4.25. The zero-order chi connectivity index (χ0) is 14.8. The maximum Gasteiger partial charge on any atom is 0.115 e. The van der Waals surface area contributed by atoms with Crippen LogP contribution in [-0.4, -0.2) is 35.8 Å². The Hall–Kier alpha value is -1.02. The second-order valence-corrected chi connectivity index (χ2v) is 8.40. The van der Waals surface area contributed by atoms with E-state index < -0.39 is 0 Å². The summed E-state index contributed by atoms with van der Waals surface area (Å²) in [6.07, 6.45) is 5.32. The van der Waals surface area contributed by atoms with Crippen molar-refractivity contribution in [2.75, 3.05) is 20.1 Å². The molecule has 3 aliphatic rings. The van der Waals surface area contributed by atoms with E-state index in [2.05, 4.69) is 27.0 Å². The van der Waals surface area contributed by atoms with E-state index in [0.717, 1.165) is 24.3 Å². The van der Waals surface area contributed by atoms with Crippen LogP contribution in [0.5, 0.6) is 5.75 Å². The Kier molecular flexibility index (Phi) is 2.76. The highest BCUT2D eigenvalue weighted by Crippen LogP contribution is 2.51. The summed E-state index contributed by atoms with van der Waals surface area (Å²) in [5.74, 6) is 2.14. The monoisotopic (exact) mass is 286 g/mol. The van der Waals surface area contributed by atoms with Gasteiger partial charge in [0.25, 0.3) is 0 Å². The summed E-state index contributed by atoms with van der Waals surface area (Å²) in [6.45, 7) is 7.63. The quantitative estimate of drug-likeness (QED) is 0.825. The molecule has 0 amide bonds. The van der Waals surface area contributed by atoms with Crippen molar-refractivity contribution in [2.45, 2.75) is 51.0 Å². The van der Waals surface area contributed by atoms with Gasteiger partial charge in [-0.25, -0.2) is 0 Å². The largest absolute Gasteiger partial charge is 0.508 e. The average Bonchev–Trinajstić information content (AvgIpc) is 3.23. The predicted octanol–water partition coefficient (Wildman–Crippen LogP) is 3.47. The molecule has 2 fully saturated rings. The van der Waals surface area contributed by atoms with Crippen molar-refractivity contribution in [3.63, 3.8) is 0 Å². The van der Waals surface area contributed by atoms with Crippen LogP contribution in [0.3, 0.4) is 0 Å². The first-order valence-electron chi connectivity index (χ1n) is 8.59. The van der Waals surface area contributed by atoms with Gasteiger partial charge in [-0.3, -0.25) is 0 Å². The highest BCUT2D eigenvalue weighted by atomic mass is 16.3. The minimum Gasteiger partial charge on any atom is -0.508 e. The topological polar surface area (TPSA) is 20.2 Å². The minimum absolute atomic E-state index is 0.299. The van der Waals surface area contributed by atoms with Gasteiger partial charge in [-0.2, -0.15) is 0 Å². The summed E-state index contributed by atoms with van der Waals surface area (Å²) in [5, 5.41) is 9.88. The molecule has 1 aromatic rings. The van der Waals surface area contributed by atoms with Crippen LogP contribution >= 0.6 is 0 Å². The molecule has 2 heteroatoms. The fraction of sp³-hybridized carbons (Fsp3) is 0.684. The molecular weight excluding hydrogens is 258 g/mol. The molecule has 4 rings (SSSR count). The van der Waals surface area contributed by atoms with Gasteiger partial charge < -0.3 is 9.59 Å². The Balaban J connectivity index is 1.76. The summed E-state index contributed by atoms with van der Waals surface area (Å²) in [6, 6.07) is 6.82. The van der Waals surface area contributed by atoms with Crippen molar-refractivity contribution in [1.82, 2.24) is 0 Å². The van der Waals surface area contributed by atoms with Crippen molar-refractivity contribution in [3.05, 3.63) is 29.3 Å². The number of benzene rings is 1. The van der Waals surface area contributed by atoms with E-state index in [4.69, 9.17) is 0 Å². The Morgan fingerprint density at radius 2 is 2.10 bits per heavy atom. The SMILES string of the molecule is CC1C2Cc3cc(O)ccc3C1(C)CC[N+]2(C)CC1CC1. The van der Waals surface area contributed by atoms with E-state index in [0.29, 0.717) is 11.2 Å². The molecule has 2 bridgehead atoms. The maximum atomic E-state index is 9.88. The lowest BCUT2D eigenvalue weighted by Crippen LogP contribution is -2.67. The highest BCUT2D eigenvalue weighted by molar-refractivity contribution is 5.43. The third kappa shape index (κ3) is 1.95. The van der Waals surface area contributed by atoms with E-state index in [-0.39, 0.29) is 0 Å². The number of nitrogens with zero attached hydrogens (tertiary/aromatic N) is 1. The summed E-state index contributed by atoms with van der Waals surface area (Å²) in [4.78, 5) is 0. The molecule has 2 aliphatic carbocycles. The van der Waals surface area contributed by atoms with Crippen LogP contribution in [0, 0.1) is 11.8 Å². The first-order valence-corrected chi connectivity index (χ1v) is 8.59. The summed E-state index contributed by atoms with van der Waals surface area (Å²) in [5.41, 5.74) is 3.20. The first kappa shape index (κ1) is 13.6. The average molecular weight is 286 g/mol.